The first kappa shape index (κ1) is 30.8. The van der Waals surface area contributed by atoms with Crippen LogP contribution in [0.5, 0.6) is 0 Å². The Morgan fingerprint density at radius 1 is 1.29 bits per heavy atom. The third kappa shape index (κ3) is 6.91. The number of β-lactam (4-membered cyclic amide) rings is 1. The van der Waals surface area contributed by atoms with Gasteiger partial charge in [0, 0.05) is 24.6 Å². The summed E-state index contributed by atoms with van der Waals surface area (Å²) in [6.07, 6.45) is 0. The van der Waals surface area contributed by atoms with Crippen molar-refractivity contribution in [2.45, 2.75) is 38.1 Å². The number of amides is 3. The highest BCUT2D eigenvalue weighted by molar-refractivity contribution is 7.84. The molecule has 0 radical (unpaired) electrons. The lowest BCUT2D eigenvalue weighted by Crippen LogP contribution is -2.76. The topological polar surface area (TPSA) is 263 Å². The van der Waals surface area contributed by atoms with E-state index in [4.69, 9.17) is 15.3 Å². The molecule has 2 atom stereocenters. The van der Waals surface area contributed by atoms with Crippen LogP contribution in [-0.2, 0) is 45.7 Å². The van der Waals surface area contributed by atoms with Crippen LogP contribution in [0.3, 0.4) is 0 Å². The van der Waals surface area contributed by atoms with Gasteiger partial charge in [0.05, 0.1) is 4.92 Å². The Balaban J connectivity index is 1.78. The van der Waals surface area contributed by atoms with Crippen LogP contribution in [0.1, 0.15) is 25.1 Å². The van der Waals surface area contributed by atoms with Crippen LogP contribution in [-0.4, -0.2) is 81.3 Å². The molecule has 220 valence electrons. The third-order valence-electron chi connectivity index (χ3n) is 5.46. The summed E-state index contributed by atoms with van der Waals surface area (Å²) >= 11 is 0.915. The first-order valence-electron chi connectivity index (χ1n) is 11.3. The number of ether oxygens (including phenoxy) is 1. The number of nitro groups is 1. The molecule has 0 aliphatic carbocycles. The molecule has 1 saturated heterocycles. The Hall–Kier alpha value is -4.69. The van der Waals surface area contributed by atoms with E-state index in [0.29, 0.717) is 5.56 Å². The molecule has 0 bridgehead atoms. The van der Waals surface area contributed by atoms with Crippen molar-refractivity contribution in [2.24, 2.45) is 5.16 Å². The zero-order chi connectivity index (χ0) is 30.7. The van der Waals surface area contributed by atoms with Gasteiger partial charge in [-0.3, -0.25) is 29.1 Å². The van der Waals surface area contributed by atoms with Gasteiger partial charge in [0.25, 0.3) is 17.5 Å². The molecule has 20 heteroatoms. The van der Waals surface area contributed by atoms with E-state index < -0.39 is 62.3 Å². The van der Waals surface area contributed by atoms with E-state index in [2.05, 4.69) is 20.8 Å². The maximum Gasteiger partial charge on any atom is 0.363 e. The number of carbonyl (C=O) groups excluding carboxylic acids is 4. The fraction of sp³-hybridized carbons (Fsp3) is 0.333. The molecular weight excluding hydrogens is 590 g/mol. The number of hydrogen-bond donors (Lipinski definition) is 4. The predicted molar refractivity (Wildman–Crippen MR) is 139 cm³/mol. The lowest BCUT2D eigenvalue weighted by Gasteiger charge is -2.42. The Kier molecular flexibility index (Phi) is 8.89. The van der Waals surface area contributed by atoms with Crippen molar-refractivity contribution < 1.29 is 46.6 Å². The first-order chi connectivity index (χ1) is 19.1. The van der Waals surface area contributed by atoms with Crippen LogP contribution in [0.15, 0.2) is 34.8 Å². The number of thiazole rings is 1. The van der Waals surface area contributed by atoms with Gasteiger partial charge in [0.1, 0.15) is 18.3 Å². The second kappa shape index (κ2) is 11.8. The lowest BCUT2D eigenvalue weighted by atomic mass is 9.97. The average Bonchev–Trinajstić information content (AvgIpc) is 3.33. The predicted octanol–water partition coefficient (Wildman–Crippen LogP) is -0.879. The lowest BCUT2D eigenvalue weighted by molar-refractivity contribution is -0.384. The number of likely N-dealkylation sites (N-methyl/N-ethyl adjacent to an activating group) is 1. The van der Waals surface area contributed by atoms with E-state index in [1.807, 2.05) is 0 Å². The number of rotatable bonds is 11. The van der Waals surface area contributed by atoms with E-state index in [1.54, 1.807) is 0 Å². The SMILES string of the molecule is CNC(=O)C1C(NC(=O)C(=NOC(C)(C)C(=O)OCc2ccc([N+](=O)[O-])cc2)c2csc(N)n2)C(=O)N1S(=O)(=O)O. The molecule has 3 amide bonds. The molecule has 0 spiro atoms. The van der Waals surface area contributed by atoms with Crippen molar-refractivity contribution in [3.63, 3.8) is 0 Å². The van der Waals surface area contributed by atoms with Gasteiger partial charge in [-0.2, -0.15) is 12.7 Å². The fourth-order valence-corrected chi connectivity index (χ4v) is 4.70. The normalized spacial score (nSPS) is 17.3. The van der Waals surface area contributed by atoms with E-state index in [1.165, 1.54) is 43.5 Å². The van der Waals surface area contributed by atoms with Gasteiger partial charge in [-0.05, 0) is 31.5 Å². The number of esters is 1. The highest BCUT2D eigenvalue weighted by Gasteiger charge is 2.57. The molecule has 18 nitrogen and oxygen atoms in total. The first-order valence-corrected chi connectivity index (χ1v) is 13.6. The number of carbonyl (C=O) groups is 4. The Bertz CT molecular complexity index is 1520. The molecular formula is C21H23N7O11S2. The van der Waals surface area contributed by atoms with Gasteiger partial charge in [-0.15, -0.1) is 11.3 Å². The van der Waals surface area contributed by atoms with Crippen molar-refractivity contribution in [3.8, 4) is 0 Å². The summed E-state index contributed by atoms with van der Waals surface area (Å²) < 4.78 is 37.4. The molecule has 0 saturated carbocycles. The summed E-state index contributed by atoms with van der Waals surface area (Å²) in [4.78, 5) is 69.7. The van der Waals surface area contributed by atoms with Crippen molar-refractivity contribution >= 4 is 61.9 Å². The number of nitro benzene ring substituents is 1. The number of hydrogen-bond acceptors (Lipinski definition) is 14. The second-order valence-corrected chi connectivity index (χ2v) is 10.9. The minimum Gasteiger partial charge on any atom is -0.458 e. The van der Waals surface area contributed by atoms with Crippen LogP contribution in [0.2, 0.25) is 0 Å². The van der Waals surface area contributed by atoms with E-state index in [9.17, 15) is 42.3 Å². The van der Waals surface area contributed by atoms with E-state index >= 15 is 0 Å². The van der Waals surface area contributed by atoms with Crippen molar-refractivity contribution in [3.05, 3.63) is 51.0 Å². The highest BCUT2D eigenvalue weighted by atomic mass is 32.2. The van der Waals surface area contributed by atoms with Crippen molar-refractivity contribution in [2.75, 3.05) is 12.8 Å². The molecule has 5 N–H and O–H groups in total. The van der Waals surface area contributed by atoms with E-state index in [-0.39, 0.29) is 27.4 Å². The van der Waals surface area contributed by atoms with Gasteiger partial charge in [-0.1, -0.05) is 5.16 Å². The zero-order valence-corrected chi connectivity index (χ0v) is 23.1. The van der Waals surface area contributed by atoms with E-state index in [0.717, 1.165) is 18.4 Å². The molecule has 1 aromatic heterocycles. The number of nitrogens with one attached hydrogen (secondary N) is 2. The number of benzene rings is 1. The second-order valence-electron chi connectivity index (χ2n) is 8.73. The summed E-state index contributed by atoms with van der Waals surface area (Å²) in [5, 5.41) is 20.1. The molecule has 1 aromatic carbocycles. The number of nitrogen functional groups attached to an aromatic ring is 1. The molecule has 1 fully saturated rings. The Morgan fingerprint density at radius 3 is 2.44 bits per heavy atom. The summed E-state index contributed by atoms with van der Waals surface area (Å²) in [5.41, 5.74) is 3.39. The Morgan fingerprint density at radius 2 is 1.93 bits per heavy atom. The summed E-state index contributed by atoms with van der Waals surface area (Å²) in [6.45, 7) is 2.26. The Labute approximate surface area is 235 Å². The number of anilines is 1. The highest BCUT2D eigenvalue weighted by Crippen LogP contribution is 2.24. The number of non-ortho nitro benzene ring substituents is 1. The number of nitrogens with zero attached hydrogens (tertiary/aromatic N) is 4. The smallest absolute Gasteiger partial charge is 0.363 e. The molecule has 1 aliphatic heterocycles. The van der Waals surface area contributed by atoms with Gasteiger partial charge in [-0.25, -0.2) is 9.78 Å². The molecule has 1 aliphatic rings. The van der Waals surface area contributed by atoms with Crippen LogP contribution < -0.4 is 16.4 Å². The maximum atomic E-state index is 13.1. The number of oxime groups is 1. The van der Waals surface area contributed by atoms with Crippen LogP contribution in [0, 0.1) is 10.1 Å². The van der Waals surface area contributed by atoms with Crippen molar-refractivity contribution in [1.29, 1.82) is 0 Å². The minimum atomic E-state index is -5.12. The summed E-state index contributed by atoms with van der Waals surface area (Å²) in [7, 11) is -3.97. The largest absolute Gasteiger partial charge is 0.458 e. The molecule has 41 heavy (non-hydrogen) atoms. The standard InChI is InChI=1S/C21H23N7O11S2/c1-21(2,19(32)38-8-10-4-6-11(7-5-10)28(33)34)39-26-13(12-9-40-20(22)24-12)16(29)25-14-15(17(30)23-3)27(18(14)31)41(35,36)37/h4-7,9,14-15H,8H2,1-3H3,(H2,22,24)(H,23,30)(H,25,29)(H,35,36,37). The van der Waals surface area contributed by atoms with Gasteiger partial charge in [0.2, 0.25) is 11.5 Å². The maximum absolute atomic E-state index is 13.1. The fourth-order valence-electron chi connectivity index (χ4n) is 3.31. The zero-order valence-electron chi connectivity index (χ0n) is 21.5. The van der Waals surface area contributed by atoms with Crippen molar-refractivity contribution in [1.82, 2.24) is 19.9 Å². The molecule has 2 unspecified atom stereocenters. The van der Waals surface area contributed by atoms with Gasteiger partial charge >= 0.3 is 16.3 Å². The number of aromatic nitrogens is 1. The number of nitrogens with two attached hydrogens (primary N) is 1. The summed E-state index contributed by atoms with van der Waals surface area (Å²) in [6, 6.07) is 1.73. The molecule has 2 aromatic rings. The minimum absolute atomic E-state index is 0.0165. The molecule has 3 rings (SSSR count). The average molecular weight is 614 g/mol. The van der Waals surface area contributed by atoms with Gasteiger partial charge in [0.15, 0.2) is 16.9 Å². The quantitative estimate of drug-likeness (QED) is 0.0600. The monoisotopic (exact) mass is 613 g/mol. The third-order valence-corrected chi connectivity index (χ3v) is 7.03. The molecule has 2 heterocycles. The van der Waals surface area contributed by atoms with Gasteiger partial charge < -0.3 is 25.9 Å². The van der Waals surface area contributed by atoms with Crippen LogP contribution in [0.4, 0.5) is 10.8 Å². The summed E-state index contributed by atoms with van der Waals surface area (Å²) in [5.74, 6) is -4.40. The van der Waals surface area contributed by atoms with Crippen LogP contribution in [0.25, 0.3) is 0 Å². The van der Waals surface area contributed by atoms with Crippen LogP contribution >= 0.6 is 11.3 Å².